The minimum atomic E-state index is -0.481. The molecule has 1 aromatic carbocycles. The SMILES string of the molecule is CCCC(C)NC(=O)COC(=O)c1cc2c(C)nn(Cc3ccccc3)c2s1. The summed E-state index contributed by atoms with van der Waals surface area (Å²) >= 11 is 1.34. The fourth-order valence-corrected chi connectivity index (χ4v) is 4.16. The van der Waals surface area contributed by atoms with Gasteiger partial charge in [0.1, 0.15) is 9.71 Å². The molecule has 7 heteroatoms. The van der Waals surface area contributed by atoms with Crippen LogP contribution < -0.4 is 5.32 Å². The Morgan fingerprint density at radius 3 is 2.75 bits per heavy atom. The third-order valence-electron chi connectivity index (χ3n) is 4.45. The zero-order valence-electron chi connectivity index (χ0n) is 16.4. The highest BCUT2D eigenvalue weighted by Gasteiger charge is 2.18. The number of carbonyl (C=O) groups excluding carboxylic acids is 2. The van der Waals surface area contributed by atoms with Crippen LogP contribution in [0.4, 0.5) is 0 Å². The first-order chi connectivity index (χ1) is 13.5. The minimum absolute atomic E-state index is 0.0761. The van der Waals surface area contributed by atoms with E-state index in [0.29, 0.717) is 11.4 Å². The van der Waals surface area contributed by atoms with Gasteiger partial charge < -0.3 is 10.1 Å². The molecule has 1 atom stereocenters. The predicted octanol–water partition coefficient (Wildman–Crippen LogP) is 3.92. The maximum absolute atomic E-state index is 12.4. The van der Waals surface area contributed by atoms with Crippen molar-refractivity contribution in [2.24, 2.45) is 0 Å². The highest BCUT2D eigenvalue weighted by Crippen LogP contribution is 2.29. The zero-order valence-corrected chi connectivity index (χ0v) is 17.2. The lowest BCUT2D eigenvalue weighted by atomic mass is 10.2. The normalized spacial score (nSPS) is 12.1. The van der Waals surface area contributed by atoms with Gasteiger partial charge in [-0.25, -0.2) is 4.79 Å². The fourth-order valence-electron chi connectivity index (χ4n) is 3.10. The van der Waals surface area contributed by atoms with Gasteiger partial charge in [0, 0.05) is 11.4 Å². The first-order valence-electron chi connectivity index (χ1n) is 9.45. The van der Waals surface area contributed by atoms with Crippen LogP contribution in [0.1, 0.15) is 47.6 Å². The van der Waals surface area contributed by atoms with E-state index < -0.39 is 5.97 Å². The summed E-state index contributed by atoms with van der Waals surface area (Å²) in [7, 11) is 0. The van der Waals surface area contributed by atoms with E-state index in [-0.39, 0.29) is 18.6 Å². The molecule has 0 spiro atoms. The second kappa shape index (κ2) is 9.01. The standard InChI is InChI=1S/C21H25N3O3S/c1-4-8-14(2)22-19(25)13-27-21(26)18-11-17-15(3)23-24(20(17)28-18)12-16-9-6-5-7-10-16/h5-7,9-11,14H,4,8,12-13H2,1-3H3,(H,22,25). The lowest BCUT2D eigenvalue weighted by molar-refractivity contribution is -0.124. The van der Waals surface area contributed by atoms with Crippen LogP contribution in [0.25, 0.3) is 10.2 Å². The largest absolute Gasteiger partial charge is 0.451 e. The second-order valence-electron chi connectivity index (χ2n) is 6.89. The van der Waals surface area contributed by atoms with Gasteiger partial charge in [0.05, 0.1) is 12.2 Å². The number of aromatic nitrogens is 2. The molecule has 0 saturated carbocycles. The van der Waals surface area contributed by atoms with Crippen LogP contribution in [0, 0.1) is 6.92 Å². The molecule has 148 valence electrons. The van der Waals surface area contributed by atoms with E-state index >= 15 is 0 Å². The van der Waals surface area contributed by atoms with E-state index in [9.17, 15) is 9.59 Å². The lowest BCUT2D eigenvalue weighted by Gasteiger charge is -2.12. The van der Waals surface area contributed by atoms with Gasteiger partial charge in [-0.1, -0.05) is 43.7 Å². The molecule has 1 amide bonds. The number of carbonyl (C=O) groups is 2. The predicted molar refractivity (Wildman–Crippen MR) is 111 cm³/mol. The molecule has 1 N–H and O–H groups in total. The van der Waals surface area contributed by atoms with Crippen LogP contribution in [0.3, 0.4) is 0 Å². The molecular formula is C21H25N3O3S. The van der Waals surface area contributed by atoms with Gasteiger partial charge in [-0.15, -0.1) is 11.3 Å². The molecule has 3 rings (SSSR count). The van der Waals surface area contributed by atoms with Crippen molar-refractivity contribution >= 4 is 33.4 Å². The molecular weight excluding hydrogens is 374 g/mol. The summed E-state index contributed by atoms with van der Waals surface area (Å²) in [6, 6.07) is 11.9. The Bertz CT molecular complexity index is 962. The maximum Gasteiger partial charge on any atom is 0.348 e. The van der Waals surface area contributed by atoms with Gasteiger partial charge in [0.2, 0.25) is 0 Å². The van der Waals surface area contributed by atoms with Gasteiger partial charge in [-0.05, 0) is 31.9 Å². The van der Waals surface area contributed by atoms with Gasteiger partial charge in [0.25, 0.3) is 5.91 Å². The Kier molecular flexibility index (Phi) is 6.46. The molecule has 0 fully saturated rings. The number of rotatable bonds is 8. The summed E-state index contributed by atoms with van der Waals surface area (Å²) in [5.41, 5.74) is 2.01. The molecule has 0 saturated heterocycles. The number of esters is 1. The zero-order chi connectivity index (χ0) is 20.1. The van der Waals surface area contributed by atoms with Crippen molar-refractivity contribution in [1.82, 2.24) is 15.1 Å². The van der Waals surface area contributed by atoms with E-state index in [4.69, 9.17) is 4.74 Å². The van der Waals surface area contributed by atoms with Crippen LogP contribution in [0.5, 0.6) is 0 Å². The van der Waals surface area contributed by atoms with E-state index in [2.05, 4.69) is 17.3 Å². The molecule has 0 aliphatic rings. The van der Waals surface area contributed by atoms with Crippen molar-refractivity contribution in [3.8, 4) is 0 Å². The van der Waals surface area contributed by atoms with Crippen molar-refractivity contribution in [2.75, 3.05) is 6.61 Å². The summed E-state index contributed by atoms with van der Waals surface area (Å²) in [6.07, 6.45) is 1.88. The topological polar surface area (TPSA) is 73.2 Å². The van der Waals surface area contributed by atoms with Gasteiger partial charge in [-0.3, -0.25) is 9.48 Å². The molecule has 1 unspecified atom stereocenters. The first kappa shape index (κ1) is 20.1. The van der Waals surface area contributed by atoms with Gasteiger partial charge in [-0.2, -0.15) is 5.10 Å². The van der Waals surface area contributed by atoms with Crippen molar-refractivity contribution in [1.29, 1.82) is 0 Å². The van der Waals surface area contributed by atoms with Crippen LogP contribution in [-0.2, 0) is 16.1 Å². The van der Waals surface area contributed by atoms with E-state index in [1.54, 1.807) is 6.07 Å². The Hall–Kier alpha value is -2.67. The summed E-state index contributed by atoms with van der Waals surface area (Å²) in [6.45, 7) is 6.30. The monoisotopic (exact) mass is 399 g/mol. The molecule has 0 radical (unpaired) electrons. The number of aryl methyl sites for hydroxylation is 1. The molecule has 3 aromatic rings. The van der Waals surface area contributed by atoms with Crippen LogP contribution in [0.15, 0.2) is 36.4 Å². The van der Waals surface area contributed by atoms with Crippen LogP contribution >= 0.6 is 11.3 Å². The Morgan fingerprint density at radius 2 is 2.04 bits per heavy atom. The summed E-state index contributed by atoms with van der Waals surface area (Å²) in [4.78, 5) is 25.7. The maximum atomic E-state index is 12.4. The highest BCUT2D eigenvalue weighted by atomic mass is 32.1. The second-order valence-corrected chi connectivity index (χ2v) is 7.92. The van der Waals surface area contributed by atoms with Crippen molar-refractivity contribution in [3.63, 3.8) is 0 Å². The summed E-state index contributed by atoms with van der Waals surface area (Å²) in [5, 5.41) is 8.35. The first-order valence-corrected chi connectivity index (χ1v) is 10.3. The molecule has 0 bridgehead atoms. The number of ether oxygens (including phenoxy) is 1. The van der Waals surface area contributed by atoms with Crippen molar-refractivity contribution in [2.45, 2.75) is 46.2 Å². The number of nitrogens with zero attached hydrogens (tertiary/aromatic N) is 2. The molecule has 2 aromatic heterocycles. The Labute approximate surface area is 168 Å². The van der Waals surface area contributed by atoms with E-state index in [1.807, 2.05) is 48.9 Å². The molecule has 0 aliphatic carbocycles. The average Bonchev–Trinajstić information content (AvgIpc) is 3.22. The smallest absolute Gasteiger partial charge is 0.348 e. The fraction of sp³-hybridized carbons (Fsp3) is 0.381. The number of nitrogens with one attached hydrogen (secondary N) is 1. The number of hydrogen-bond acceptors (Lipinski definition) is 5. The molecule has 2 heterocycles. The quantitative estimate of drug-likeness (QED) is 0.583. The molecule has 0 aliphatic heterocycles. The Morgan fingerprint density at radius 1 is 1.29 bits per heavy atom. The van der Waals surface area contributed by atoms with Crippen molar-refractivity contribution in [3.05, 3.63) is 52.5 Å². The van der Waals surface area contributed by atoms with Gasteiger partial charge in [0.15, 0.2) is 6.61 Å². The van der Waals surface area contributed by atoms with E-state index in [0.717, 1.165) is 34.3 Å². The number of thiophene rings is 1. The summed E-state index contributed by atoms with van der Waals surface area (Å²) < 4.78 is 7.10. The number of hydrogen-bond donors (Lipinski definition) is 1. The third kappa shape index (κ3) is 4.78. The number of amides is 1. The molecule has 6 nitrogen and oxygen atoms in total. The lowest BCUT2D eigenvalue weighted by Crippen LogP contribution is -2.35. The minimum Gasteiger partial charge on any atom is -0.451 e. The highest BCUT2D eigenvalue weighted by molar-refractivity contribution is 7.20. The van der Waals surface area contributed by atoms with Crippen LogP contribution in [0.2, 0.25) is 0 Å². The average molecular weight is 400 g/mol. The van der Waals surface area contributed by atoms with Crippen molar-refractivity contribution < 1.29 is 14.3 Å². The summed E-state index contributed by atoms with van der Waals surface area (Å²) in [5.74, 6) is -0.757. The van der Waals surface area contributed by atoms with Crippen LogP contribution in [-0.4, -0.2) is 34.3 Å². The number of fused-ring (bicyclic) bond motifs is 1. The molecule has 28 heavy (non-hydrogen) atoms. The van der Waals surface area contributed by atoms with Gasteiger partial charge >= 0.3 is 5.97 Å². The number of benzene rings is 1. The Balaban J connectivity index is 1.67. The van der Waals surface area contributed by atoms with E-state index in [1.165, 1.54) is 11.3 Å². The third-order valence-corrected chi connectivity index (χ3v) is 5.58.